The number of ether oxygens (including phenoxy) is 1. The highest BCUT2D eigenvalue weighted by atomic mass is 19.1. The van der Waals surface area contributed by atoms with Crippen molar-refractivity contribution in [2.75, 3.05) is 13.7 Å². The maximum Gasteiger partial charge on any atom is 0.244 e. The lowest BCUT2D eigenvalue weighted by Gasteiger charge is -2.16. The van der Waals surface area contributed by atoms with Gasteiger partial charge in [-0.25, -0.2) is 4.39 Å². The molecule has 0 aliphatic rings. The molecule has 2 aromatic rings. The number of hydrogen-bond donors (Lipinski definition) is 1. The lowest BCUT2D eigenvalue weighted by molar-refractivity contribution is -0.117. The summed E-state index contributed by atoms with van der Waals surface area (Å²) in [6.07, 6.45) is 2.82. The summed E-state index contributed by atoms with van der Waals surface area (Å²) >= 11 is 0. The van der Waals surface area contributed by atoms with Crippen LogP contribution in [-0.2, 0) is 9.53 Å². The fourth-order valence-corrected chi connectivity index (χ4v) is 2.03. The first-order chi connectivity index (χ1) is 10.7. The van der Waals surface area contributed by atoms with E-state index in [0.717, 1.165) is 5.56 Å². The number of rotatable bonds is 6. The summed E-state index contributed by atoms with van der Waals surface area (Å²) in [5, 5.41) is 2.75. The minimum absolute atomic E-state index is 0.220. The molecule has 22 heavy (non-hydrogen) atoms. The quantitative estimate of drug-likeness (QED) is 0.831. The first kappa shape index (κ1) is 15.9. The average molecular weight is 299 g/mol. The molecule has 2 rings (SSSR count). The Morgan fingerprint density at radius 2 is 2.00 bits per heavy atom. The second-order valence-electron chi connectivity index (χ2n) is 4.77. The number of methoxy groups -OCH3 is 1. The van der Waals surface area contributed by atoms with E-state index < -0.39 is 0 Å². The molecule has 1 N–H and O–H groups in total. The summed E-state index contributed by atoms with van der Waals surface area (Å²) < 4.78 is 18.5. The number of hydrogen-bond acceptors (Lipinski definition) is 2. The van der Waals surface area contributed by atoms with E-state index in [4.69, 9.17) is 4.74 Å². The zero-order valence-electron chi connectivity index (χ0n) is 12.3. The van der Waals surface area contributed by atoms with Gasteiger partial charge in [0.15, 0.2) is 0 Å². The molecule has 1 atom stereocenters. The third kappa shape index (κ3) is 4.82. The largest absolute Gasteiger partial charge is 0.375 e. The molecule has 0 spiro atoms. The summed E-state index contributed by atoms with van der Waals surface area (Å²) in [5.41, 5.74) is 1.64. The van der Waals surface area contributed by atoms with Crippen LogP contribution in [0.5, 0.6) is 0 Å². The van der Waals surface area contributed by atoms with E-state index in [1.807, 2.05) is 30.3 Å². The highest BCUT2D eigenvalue weighted by Crippen LogP contribution is 2.16. The summed E-state index contributed by atoms with van der Waals surface area (Å²) in [5.74, 6) is -0.544. The summed E-state index contributed by atoms with van der Waals surface area (Å²) in [6.45, 7) is 0.276. The molecule has 0 bridgehead atoms. The van der Waals surface area contributed by atoms with Gasteiger partial charge in [0.25, 0.3) is 0 Å². The topological polar surface area (TPSA) is 38.3 Å². The molecular formula is C18H18FNO2. The van der Waals surface area contributed by atoms with Crippen molar-refractivity contribution >= 4 is 12.0 Å². The van der Waals surface area contributed by atoms with Gasteiger partial charge in [-0.3, -0.25) is 4.79 Å². The van der Waals surface area contributed by atoms with Crippen LogP contribution in [0, 0.1) is 5.82 Å². The second kappa shape index (κ2) is 8.10. The predicted octanol–water partition coefficient (Wildman–Crippen LogP) is 3.34. The first-order valence-electron chi connectivity index (χ1n) is 6.98. The fourth-order valence-electron chi connectivity index (χ4n) is 2.03. The lowest BCUT2D eigenvalue weighted by Crippen LogP contribution is -2.27. The van der Waals surface area contributed by atoms with Gasteiger partial charge < -0.3 is 10.1 Å². The minimum Gasteiger partial charge on any atom is -0.375 e. The van der Waals surface area contributed by atoms with Gasteiger partial charge in [0.2, 0.25) is 5.91 Å². The van der Waals surface area contributed by atoms with E-state index in [1.54, 1.807) is 18.2 Å². The van der Waals surface area contributed by atoms with E-state index in [9.17, 15) is 9.18 Å². The Kier molecular flexibility index (Phi) is 5.86. The second-order valence-corrected chi connectivity index (χ2v) is 4.77. The lowest BCUT2D eigenvalue weighted by atomic mass is 10.1. The Balaban J connectivity index is 1.90. The maximum absolute atomic E-state index is 13.2. The van der Waals surface area contributed by atoms with Gasteiger partial charge in [-0.15, -0.1) is 0 Å². The van der Waals surface area contributed by atoms with Crippen LogP contribution in [-0.4, -0.2) is 19.6 Å². The van der Waals surface area contributed by atoms with E-state index in [1.165, 1.54) is 25.3 Å². The monoisotopic (exact) mass is 299 g/mol. The van der Waals surface area contributed by atoms with Crippen LogP contribution in [0.1, 0.15) is 17.2 Å². The Bertz CT molecular complexity index is 641. The molecule has 0 saturated carbocycles. The van der Waals surface area contributed by atoms with Gasteiger partial charge in [0.05, 0.1) is 6.10 Å². The van der Waals surface area contributed by atoms with E-state index in [-0.39, 0.29) is 24.4 Å². The van der Waals surface area contributed by atoms with Gasteiger partial charge in [0, 0.05) is 19.7 Å². The Morgan fingerprint density at radius 3 is 2.68 bits per heavy atom. The summed E-state index contributed by atoms with van der Waals surface area (Å²) in [6, 6.07) is 15.7. The van der Waals surface area contributed by atoms with Gasteiger partial charge >= 0.3 is 0 Å². The highest BCUT2D eigenvalue weighted by molar-refractivity contribution is 5.91. The fraction of sp³-hybridized carbons (Fsp3) is 0.167. The van der Waals surface area contributed by atoms with Crippen molar-refractivity contribution in [3.63, 3.8) is 0 Å². The number of halogens is 1. The van der Waals surface area contributed by atoms with Gasteiger partial charge in [0.1, 0.15) is 5.82 Å². The van der Waals surface area contributed by atoms with Crippen molar-refractivity contribution < 1.29 is 13.9 Å². The van der Waals surface area contributed by atoms with Gasteiger partial charge in [-0.05, 0) is 29.3 Å². The molecule has 1 unspecified atom stereocenters. The van der Waals surface area contributed by atoms with Crippen LogP contribution >= 0.6 is 0 Å². The molecule has 0 radical (unpaired) electrons. The molecule has 4 heteroatoms. The average Bonchev–Trinajstić information content (AvgIpc) is 2.54. The zero-order chi connectivity index (χ0) is 15.8. The summed E-state index contributed by atoms with van der Waals surface area (Å²) in [7, 11) is 1.53. The molecule has 1 amide bonds. The van der Waals surface area contributed by atoms with Crippen molar-refractivity contribution in [3.8, 4) is 0 Å². The third-order valence-electron chi connectivity index (χ3n) is 3.19. The normalized spacial score (nSPS) is 12.3. The van der Waals surface area contributed by atoms with Crippen LogP contribution in [0.3, 0.4) is 0 Å². The molecule has 2 aromatic carbocycles. The Hall–Kier alpha value is -2.46. The smallest absolute Gasteiger partial charge is 0.244 e. The van der Waals surface area contributed by atoms with Gasteiger partial charge in [-0.2, -0.15) is 0 Å². The van der Waals surface area contributed by atoms with E-state index >= 15 is 0 Å². The number of nitrogens with one attached hydrogen (secondary N) is 1. The number of benzene rings is 2. The van der Waals surface area contributed by atoms with Crippen LogP contribution in [0.2, 0.25) is 0 Å². The SMILES string of the molecule is COC(CNC(=O)C=Cc1ccccc1)c1cccc(F)c1. The number of carbonyl (C=O) groups is 1. The van der Waals surface area contributed by atoms with Crippen molar-refractivity contribution in [3.05, 3.63) is 77.6 Å². The van der Waals surface area contributed by atoms with E-state index in [2.05, 4.69) is 5.32 Å². The molecule has 0 aromatic heterocycles. The highest BCUT2D eigenvalue weighted by Gasteiger charge is 2.11. The minimum atomic E-state index is -0.384. The van der Waals surface area contributed by atoms with E-state index in [0.29, 0.717) is 5.56 Å². The molecular weight excluding hydrogens is 281 g/mol. The Labute approximate surface area is 129 Å². The standard InChI is InChI=1S/C18H18FNO2/c1-22-17(15-8-5-9-16(19)12-15)13-20-18(21)11-10-14-6-3-2-4-7-14/h2-12,17H,13H2,1H3,(H,20,21). The van der Waals surface area contributed by atoms with Crippen molar-refractivity contribution in [2.45, 2.75) is 6.10 Å². The van der Waals surface area contributed by atoms with Crippen molar-refractivity contribution in [1.82, 2.24) is 5.32 Å². The third-order valence-corrected chi connectivity index (χ3v) is 3.19. The van der Waals surface area contributed by atoms with Crippen LogP contribution < -0.4 is 5.32 Å². The number of carbonyl (C=O) groups excluding carboxylic acids is 1. The summed E-state index contributed by atoms with van der Waals surface area (Å²) in [4.78, 5) is 11.8. The number of amides is 1. The molecule has 3 nitrogen and oxygen atoms in total. The van der Waals surface area contributed by atoms with Crippen LogP contribution in [0.15, 0.2) is 60.7 Å². The van der Waals surface area contributed by atoms with Crippen LogP contribution in [0.4, 0.5) is 4.39 Å². The molecule has 114 valence electrons. The first-order valence-corrected chi connectivity index (χ1v) is 6.98. The zero-order valence-corrected chi connectivity index (χ0v) is 12.3. The molecule has 0 heterocycles. The molecule has 0 fully saturated rings. The molecule has 0 saturated heterocycles. The molecule has 0 aliphatic heterocycles. The van der Waals surface area contributed by atoms with Crippen molar-refractivity contribution in [2.24, 2.45) is 0 Å². The predicted molar refractivity (Wildman–Crippen MR) is 84.6 cm³/mol. The van der Waals surface area contributed by atoms with Gasteiger partial charge in [-0.1, -0.05) is 42.5 Å². The van der Waals surface area contributed by atoms with Crippen molar-refractivity contribution in [1.29, 1.82) is 0 Å². The maximum atomic E-state index is 13.2. The Morgan fingerprint density at radius 1 is 1.23 bits per heavy atom. The van der Waals surface area contributed by atoms with Crippen LogP contribution in [0.25, 0.3) is 6.08 Å². The molecule has 0 aliphatic carbocycles.